The summed E-state index contributed by atoms with van der Waals surface area (Å²) in [5.41, 5.74) is 0.800. The third kappa shape index (κ3) is 1.64. The van der Waals surface area contributed by atoms with Crippen LogP contribution in [-0.4, -0.2) is 16.1 Å². The molecular formula is C11H6N2O3. The van der Waals surface area contributed by atoms with Crippen LogP contribution in [0.15, 0.2) is 35.1 Å². The molecule has 0 aliphatic rings. The van der Waals surface area contributed by atoms with Crippen molar-refractivity contribution in [3.8, 4) is 17.4 Å². The lowest BCUT2D eigenvalue weighted by molar-refractivity contribution is 0.0691. The maximum Gasteiger partial charge on any atom is 0.358 e. The van der Waals surface area contributed by atoms with E-state index in [9.17, 15) is 4.79 Å². The van der Waals surface area contributed by atoms with E-state index in [1.54, 1.807) is 24.3 Å². The Morgan fingerprint density at radius 2 is 2.31 bits per heavy atom. The Bertz CT molecular complexity index is 581. The van der Waals surface area contributed by atoms with Gasteiger partial charge in [0.25, 0.3) is 0 Å². The van der Waals surface area contributed by atoms with Gasteiger partial charge in [-0.15, -0.1) is 0 Å². The number of aromatic nitrogens is 1. The van der Waals surface area contributed by atoms with E-state index < -0.39 is 5.97 Å². The van der Waals surface area contributed by atoms with Gasteiger partial charge in [0.1, 0.15) is 0 Å². The second-order valence-corrected chi connectivity index (χ2v) is 3.03. The average Bonchev–Trinajstić information content (AvgIpc) is 2.78. The van der Waals surface area contributed by atoms with Crippen molar-refractivity contribution in [3.05, 3.63) is 41.9 Å². The van der Waals surface area contributed by atoms with Gasteiger partial charge in [-0.05, 0) is 12.1 Å². The van der Waals surface area contributed by atoms with E-state index in [2.05, 4.69) is 4.98 Å². The van der Waals surface area contributed by atoms with E-state index in [1.165, 1.54) is 0 Å². The van der Waals surface area contributed by atoms with Gasteiger partial charge in [0.2, 0.25) is 0 Å². The van der Waals surface area contributed by atoms with E-state index in [-0.39, 0.29) is 11.5 Å². The summed E-state index contributed by atoms with van der Waals surface area (Å²) in [5, 5.41) is 17.6. The number of carbonyl (C=O) groups is 1. The summed E-state index contributed by atoms with van der Waals surface area (Å²) in [7, 11) is 0. The molecule has 78 valence electrons. The first-order valence-electron chi connectivity index (χ1n) is 4.39. The van der Waals surface area contributed by atoms with Crippen LogP contribution in [0.2, 0.25) is 0 Å². The molecule has 0 unspecified atom stereocenters. The molecule has 1 heterocycles. The van der Waals surface area contributed by atoms with Crippen molar-refractivity contribution in [2.45, 2.75) is 0 Å². The number of hydrogen-bond acceptors (Lipinski definition) is 4. The number of nitrogens with zero attached hydrogens (tertiary/aromatic N) is 2. The predicted octanol–water partition coefficient (Wildman–Crippen LogP) is 1.91. The minimum Gasteiger partial charge on any atom is -0.476 e. The zero-order valence-electron chi connectivity index (χ0n) is 8.04. The number of oxazole rings is 1. The molecule has 5 heteroatoms. The summed E-state index contributed by atoms with van der Waals surface area (Å²) in [5.74, 6) is -1.00. The average molecular weight is 214 g/mol. The van der Waals surface area contributed by atoms with Crippen molar-refractivity contribution in [2.75, 3.05) is 0 Å². The normalized spacial score (nSPS) is 9.69. The van der Waals surface area contributed by atoms with Crippen molar-refractivity contribution in [3.63, 3.8) is 0 Å². The van der Waals surface area contributed by atoms with Crippen molar-refractivity contribution in [2.24, 2.45) is 0 Å². The van der Waals surface area contributed by atoms with E-state index >= 15 is 0 Å². The monoisotopic (exact) mass is 214 g/mol. The number of aromatic carboxylic acids is 1. The van der Waals surface area contributed by atoms with Gasteiger partial charge in [0.05, 0.1) is 11.6 Å². The van der Waals surface area contributed by atoms with Crippen LogP contribution in [0.1, 0.15) is 16.1 Å². The van der Waals surface area contributed by atoms with Gasteiger partial charge >= 0.3 is 5.97 Å². The molecule has 0 atom stereocenters. The van der Waals surface area contributed by atoms with Gasteiger partial charge in [-0.25, -0.2) is 9.78 Å². The molecule has 0 aliphatic carbocycles. The molecule has 0 aliphatic heterocycles. The minimum atomic E-state index is -1.16. The second kappa shape index (κ2) is 3.87. The standard InChI is InChI=1S/C11H6N2O3/c12-5-7-2-1-3-8(4-7)10-9(11(14)15)13-6-16-10/h1-4,6H,(H,14,15). The molecular weight excluding hydrogens is 208 g/mol. The number of rotatable bonds is 2. The first-order valence-corrected chi connectivity index (χ1v) is 4.39. The van der Waals surface area contributed by atoms with E-state index in [1.807, 2.05) is 6.07 Å². The Balaban J connectivity index is 2.55. The molecule has 1 aromatic carbocycles. The molecule has 0 amide bonds. The predicted molar refractivity (Wildman–Crippen MR) is 53.6 cm³/mol. The minimum absolute atomic E-state index is 0.157. The third-order valence-corrected chi connectivity index (χ3v) is 2.02. The highest BCUT2D eigenvalue weighted by molar-refractivity contribution is 5.92. The fraction of sp³-hybridized carbons (Fsp3) is 0. The quantitative estimate of drug-likeness (QED) is 0.824. The fourth-order valence-corrected chi connectivity index (χ4v) is 1.33. The number of benzene rings is 1. The van der Waals surface area contributed by atoms with Crippen LogP contribution in [0.5, 0.6) is 0 Å². The van der Waals surface area contributed by atoms with Gasteiger partial charge in [-0.3, -0.25) is 0 Å². The van der Waals surface area contributed by atoms with E-state index in [4.69, 9.17) is 14.8 Å². The van der Waals surface area contributed by atoms with E-state index in [0.717, 1.165) is 6.39 Å². The lowest BCUT2D eigenvalue weighted by Crippen LogP contribution is -1.98. The maximum atomic E-state index is 10.8. The molecule has 0 saturated heterocycles. The molecule has 0 fully saturated rings. The van der Waals surface area contributed by atoms with Crippen LogP contribution < -0.4 is 0 Å². The van der Waals surface area contributed by atoms with Crippen LogP contribution in [-0.2, 0) is 0 Å². The smallest absolute Gasteiger partial charge is 0.358 e. The van der Waals surface area contributed by atoms with Crippen molar-refractivity contribution in [1.29, 1.82) is 5.26 Å². The van der Waals surface area contributed by atoms with Crippen molar-refractivity contribution < 1.29 is 14.3 Å². The van der Waals surface area contributed by atoms with Crippen LogP contribution in [0, 0.1) is 11.3 Å². The topological polar surface area (TPSA) is 87.1 Å². The van der Waals surface area contributed by atoms with E-state index in [0.29, 0.717) is 11.1 Å². The summed E-state index contributed by atoms with van der Waals surface area (Å²) < 4.78 is 5.01. The molecule has 0 bridgehead atoms. The van der Waals surface area contributed by atoms with Crippen molar-refractivity contribution >= 4 is 5.97 Å². The van der Waals surface area contributed by atoms with Crippen LogP contribution >= 0.6 is 0 Å². The van der Waals surface area contributed by atoms with Gasteiger partial charge < -0.3 is 9.52 Å². The summed E-state index contributed by atoms with van der Waals surface area (Å²) in [6.07, 6.45) is 1.07. The maximum absolute atomic E-state index is 10.8. The van der Waals surface area contributed by atoms with Crippen LogP contribution in [0.3, 0.4) is 0 Å². The Kier molecular flexibility index (Phi) is 2.40. The highest BCUT2D eigenvalue weighted by Crippen LogP contribution is 2.23. The number of carboxylic acid groups (broad SMARTS) is 1. The third-order valence-electron chi connectivity index (χ3n) is 2.02. The first kappa shape index (κ1) is 9.93. The second-order valence-electron chi connectivity index (χ2n) is 3.03. The zero-order valence-corrected chi connectivity index (χ0v) is 8.04. The molecule has 0 radical (unpaired) electrons. The van der Waals surface area contributed by atoms with Crippen molar-refractivity contribution in [1.82, 2.24) is 4.98 Å². The molecule has 2 aromatic rings. The molecule has 2 rings (SSSR count). The Hall–Kier alpha value is -2.61. The lowest BCUT2D eigenvalue weighted by atomic mass is 10.1. The highest BCUT2D eigenvalue weighted by Gasteiger charge is 2.17. The number of nitriles is 1. The van der Waals surface area contributed by atoms with Crippen LogP contribution in [0.25, 0.3) is 11.3 Å². The van der Waals surface area contributed by atoms with Gasteiger partial charge in [0.15, 0.2) is 17.8 Å². The lowest BCUT2D eigenvalue weighted by Gasteiger charge is -1.97. The Labute approximate surface area is 90.6 Å². The first-order chi connectivity index (χ1) is 7.72. The fourth-order valence-electron chi connectivity index (χ4n) is 1.33. The number of carboxylic acids is 1. The SMILES string of the molecule is N#Cc1cccc(-c2ocnc2C(=O)O)c1. The molecule has 5 nitrogen and oxygen atoms in total. The summed E-state index contributed by atoms with van der Waals surface area (Å²) in [6, 6.07) is 8.46. The van der Waals surface area contributed by atoms with Gasteiger partial charge in [-0.2, -0.15) is 5.26 Å². The molecule has 1 N–H and O–H groups in total. The Morgan fingerprint density at radius 3 is 3.00 bits per heavy atom. The van der Waals surface area contributed by atoms with Gasteiger partial charge in [-0.1, -0.05) is 12.1 Å². The molecule has 16 heavy (non-hydrogen) atoms. The Morgan fingerprint density at radius 1 is 1.50 bits per heavy atom. The molecule has 0 spiro atoms. The van der Waals surface area contributed by atoms with Gasteiger partial charge in [0, 0.05) is 5.56 Å². The summed E-state index contributed by atoms with van der Waals surface area (Å²) >= 11 is 0. The zero-order chi connectivity index (χ0) is 11.5. The van der Waals surface area contributed by atoms with Crippen LogP contribution in [0.4, 0.5) is 0 Å². The molecule has 0 saturated carbocycles. The number of hydrogen-bond donors (Lipinski definition) is 1. The summed E-state index contributed by atoms with van der Waals surface area (Å²) in [6.45, 7) is 0. The summed E-state index contributed by atoms with van der Waals surface area (Å²) in [4.78, 5) is 14.4. The largest absolute Gasteiger partial charge is 0.476 e. The highest BCUT2D eigenvalue weighted by atomic mass is 16.4. The molecule has 1 aromatic heterocycles.